The predicted octanol–water partition coefficient (Wildman–Crippen LogP) is 2.81. The fourth-order valence-electron chi connectivity index (χ4n) is 13.3. The van der Waals surface area contributed by atoms with Crippen LogP contribution in [0.3, 0.4) is 0 Å². The second-order valence-electron chi connectivity index (χ2n) is 19.8. The maximum absolute atomic E-state index is 13.3. The first-order valence-electron chi connectivity index (χ1n) is 20.3. The minimum absolute atomic E-state index is 0.0718. The smallest absolute Gasteiger partial charge is 0.338 e. The zero-order chi connectivity index (χ0) is 41.0. The first-order chi connectivity index (χ1) is 26.1. The molecule has 17 atom stereocenters. The van der Waals surface area contributed by atoms with Gasteiger partial charge < -0.3 is 55.1 Å². The third-order valence-corrected chi connectivity index (χ3v) is 16.8. The van der Waals surface area contributed by atoms with Crippen LogP contribution in [0.25, 0.3) is 0 Å². The molecule has 0 spiro atoms. The molecule has 312 valence electrons. The lowest BCUT2D eigenvalue weighted by molar-refractivity contribution is -0.328. The van der Waals surface area contributed by atoms with Crippen LogP contribution in [-0.4, -0.2) is 121 Å². The number of hydrogen-bond acceptors (Lipinski definition) is 12. The number of esters is 1. The summed E-state index contributed by atoms with van der Waals surface area (Å²) in [5.41, 5.74) is -2.61. The van der Waals surface area contributed by atoms with E-state index in [0.29, 0.717) is 37.7 Å². The highest BCUT2D eigenvalue weighted by Crippen LogP contribution is 2.76. The third-order valence-electron chi connectivity index (χ3n) is 16.8. The molecule has 1 aliphatic heterocycles. The van der Waals surface area contributed by atoms with Gasteiger partial charge in [-0.05, 0) is 96.5 Å². The van der Waals surface area contributed by atoms with Crippen molar-refractivity contribution in [3.05, 3.63) is 47.5 Å². The quantitative estimate of drug-likeness (QED) is 0.113. The van der Waals surface area contributed by atoms with Gasteiger partial charge in [-0.3, -0.25) is 0 Å². The second-order valence-corrected chi connectivity index (χ2v) is 19.8. The number of aliphatic hydroxyl groups excluding tert-OH is 7. The fraction of sp³-hybridized carbons (Fsp3) is 0.767. The van der Waals surface area contributed by atoms with Crippen molar-refractivity contribution in [1.82, 2.24) is 0 Å². The van der Waals surface area contributed by atoms with Crippen LogP contribution in [0.5, 0.6) is 0 Å². The number of rotatable bonds is 7. The Labute approximate surface area is 328 Å². The summed E-state index contributed by atoms with van der Waals surface area (Å²) >= 11 is 0. The van der Waals surface area contributed by atoms with Crippen molar-refractivity contribution in [2.75, 3.05) is 13.2 Å². The van der Waals surface area contributed by atoms with Crippen LogP contribution < -0.4 is 0 Å². The normalized spacial score (nSPS) is 49.6. The maximum Gasteiger partial charge on any atom is 0.338 e. The summed E-state index contributed by atoms with van der Waals surface area (Å²) < 4.78 is 17.8. The largest absolute Gasteiger partial charge is 0.479 e. The van der Waals surface area contributed by atoms with Gasteiger partial charge in [0, 0.05) is 5.41 Å². The van der Waals surface area contributed by atoms with Gasteiger partial charge in [0.2, 0.25) is 0 Å². The molecule has 7 rings (SSSR count). The van der Waals surface area contributed by atoms with Gasteiger partial charge in [0.15, 0.2) is 12.4 Å². The average molecular weight is 787 g/mol. The van der Waals surface area contributed by atoms with E-state index in [0.717, 1.165) is 12.0 Å². The molecule has 13 nitrogen and oxygen atoms in total. The van der Waals surface area contributed by atoms with Crippen LogP contribution in [0.15, 0.2) is 42.0 Å². The molecule has 1 aromatic carbocycles. The third kappa shape index (κ3) is 5.81. The molecular formula is C43H62O13. The molecule has 17 unspecified atom stereocenters. The first-order valence-corrected chi connectivity index (χ1v) is 20.3. The first kappa shape index (κ1) is 41.7. The summed E-state index contributed by atoms with van der Waals surface area (Å²) in [6, 6.07) is 8.59. The summed E-state index contributed by atoms with van der Waals surface area (Å²) in [5, 5.41) is 88.3. The molecule has 1 aromatic rings. The molecule has 4 saturated carbocycles. The predicted molar refractivity (Wildman–Crippen MR) is 201 cm³/mol. The molecule has 5 fully saturated rings. The minimum Gasteiger partial charge on any atom is -0.479 e. The molecule has 0 aromatic heterocycles. The summed E-state index contributed by atoms with van der Waals surface area (Å²) in [4.78, 5) is 25.1. The van der Waals surface area contributed by atoms with E-state index < -0.39 is 94.6 Å². The summed E-state index contributed by atoms with van der Waals surface area (Å²) in [5.74, 6) is -2.43. The number of benzene rings is 1. The topological polar surface area (TPSA) is 224 Å². The van der Waals surface area contributed by atoms with E-state index in [1.54, 1.807) is 30.3 Å². The van der Waals surface area contributed by atoms with E-state index in [-0.39, 0.29) is 42.3 Å². The van der Waals surface area contributed by atoms with E-state index in [2.05, 4.69) is 26.8 Å². The molecule has 13 heteroatoms. The van der Waals surface area contributed by atoms with Crippen LogP contribution in [0.4, 0.5) is 0 Å². The monoisotopic (exact) mass is 786 g/mol. The van der Waals surface area contributed by atoms with Gasteiger partial charge in [-0.15, -0.1) is 0 Å². The molecule has 0 radical (unpaired) electrons. The van der Waals surface area contributed by atoms with E-state index >= 15 is 0 Å². The SMILES string of the molecule is CC1(C)CC2C3=CCC4C5(C)CCC(OC6OC(C(=O)O)C(O)C(O)C6O)C(C)(CO)C5CCC4(C)C3(C)CC(O)C2(COC(=O)c2ccccc2)C(O)C1O. The van der Waals surface area contributed by atoms with Gasteiger partial charge in [-0.25, -0.2) is 9.59 Å². The number of ether oxygens (including phenoxy) is 3. The van der Waals surface area contributed by atoms with Gasteiger partial charge in [0.1, 0.15) is 24.9 Å². The van der Waals surface area contributed by atoms with Crippen molar-refractivity contribution in [1.29, 1.82) is 0 Å². The molecule has 1 heterocycles. The molecule has 8 N–H and O–H groups in total. The van der Waals surface area contributed by atoms with E-state index in [1.807, 2.05) is 20.8 Å². The van der Waals surface area contributed by atoms with E-state index in [1.165, 1.54) is 0 Å². The molecule has 1 saturated heterocycles. The van der Waals surface area contributed by atoms with Crippen molar-refractivity contribution in [2.45, 2.75) is 142 Å². The number of fused-ring (bicyclic) bond motifs is 7. The number of carbonyl (C=O) groups excluding carboxylic acids is 1. The van der Waals surface area contributed by atoms with Gasteiger partial charge in [-0.2, -0.15) is 0 Å². The number of hydrogen-bond donors (Lipinski definition) is 8. The Morgan fingerprint density at radius 3 is 2.16 bits per heavy atom. The summed E-state index contributed by atoms with van der Waals surface area (Å²) in [6.07, 6.45) is -6.67. The van der Waals surface area contributed by atoms with Crippen molar-refractivity contribution in [3.63, 3.8) is 0 Å². The number of carboxylic acid groups (broad SMARTS) is 1. The number of carbonyl (C=O) groups is 2. The van der Waals surface area contributed by atoms with Crippen LogP contribution in [0, 0.1) is 50.2 Å². The fourth-order valence-corrected chi connectivity index (χ4v) is 13.3. The second kappa shape index (κ2) is 14.1. The number of aliphatic carboxylic acids is 1. The number of aliphatic hydroxyl groups is 7. The zero-order valence-corrected chi connectivity index (χ0v) is 33.4. The Morgan fingerprint density at radius 1 is 0.839 bits per heavy atom. The Kier molecular flexibility index (Phi) is 10.5. The Hall–Kier alpha value is -2.46. The van der Waals surface area contributed by atoms with Crippen LogP contribution in [0.1, 0.15) is 96.8 Å². The number of carboxylic acids is 1. The van der Waals surface area contributed by atoms with Gasteiger partial charge in [-0.1, -0.05) is 71.4 Å². The molecule has 5 aliphatic carbocycles. The Bertz CT molecular complexity index is 1700. The highest BCUT2D eigenvalue weighted by Gasteiger charge is 2.73. The maximum atomic E-state index is 13.3. The highest BCUT2D eigenvalue weighted by molar-refractivity contribution is 5.89. The molecule has 6 aliphatic rings. The standard InChI is InChI=1S/C43H62O13/c1-38(2)18-24-23-12-13-26-39(3)16-15-28(55-37-31(48)29(46)30(47)32(56-37)35(51)52)40(4,20-44)25(39)14-17-41(26,5)42(23,6)19-27(45)43(24,34(50)33(38)49)21-54-36(53)22-10-8-7-9-11-22/h7-12,24-34,37,44-50H,13-21H2,1-6H3,(H,51,52). The van der Waals surface area contributed by atoms with Gasteiger partial charge >= 0.3 is 11.9 Å². The Balaban J connectivity index is 1.21. The molecule has 56 heavy (non-hydrogen) atoms. The summed E-state index contributed by atoms with van der Waals surface area (Å²) in [7, 11) is 0. The van der Waals surface area contributed by atoms with Crippen LogP contribution in [-0.2, 0) is 19.0 Å². The van der Waals surface area contributed by atoms with E-state index in [4.69, 9.17) is 14.2 Å². The van der Waals surface area contributed by atoms with Crippen LogP contribution >= 0.6 is 0 Å². The lowest BCUT2D eigenvalue weighted by atomic mass is 9.33. The van der Waals surface area contributed by atoms with E-state index in [9.17, 15) is 50.4 Å². The van der Waals surface area contributed by atoms with Crippen molar-refractivity contribution >= 4 is 11.9 Å². The van der Waals surface area contributed by atoms with Crippen LogP contribution in [0.2, 0.25) is 0 Å². The lowest BCUT2D eigenvalue weighted by Crippen LogP contribution is -2.72. The number of allylic oxidation sites excluding steroid dienone is 2. The molecular weight excluding hydrogens is 724 g/mol. The van der Waals surface area contributed by atoms with Crippen molar-refractivity contribution in [2.24, 2.45) is 50.2 Å². The zero-order valence-electron chi connectivity index (χ0n) is 33.4. The highest BCUT2D eigenvalue weighted by atomic mass is 16.7. The van der Waals surface area contributed by atoms with Crippen molar-refractivity contribution < 1.29 is 64.7 Å². The Morgan fingerprint density at radius 2 is 1.52 bits per heavy atom. The summed E-state index contributed by atoms with van der Waals surface area (Å²) in [6.45, 7) is 12.1. The lowest BCUT2D eigenvalue weighted by Gasteiger charge is -2.72. The molecule has 0 amide bonds. The van der Waals surface area contributed by atoms with Crippen molar-refractivity contribution in [3.8, 4) is 0 Å². The minimum atomic E-state index is -1.84. The van der Waals surface area contributed by atoms with Gasteiger partial charge in [0.05, 0.1) is 42.0 Å². The molecule has 0 bridgehead atoms. The average Bonchev–Trinajstić information content (AvgIpc) is 3.15. The van der Waals surface area contributed by atoms with Gasteiger partial charge in [0.25, 0.3) is 0 Å².